The molecule has 32 heavy (non-hydrogen) atoms. The van der Waals surface area contributed by atoms with Crippen LogP contribution in [0.4, 0.5) is 13.2 Å². The van der Waals surface area contributed by atoms with Crippen LogP contribution in [0, 0.1) is 0 Å². The molecule has 1 unspecified atom stereocenters. The average molecular weight is 449 g/mol. The summed E-state index contributed by atoms with van der Waals surface area (Å²) in [6.45, 7) is 3.94. The number of amides is 1. The largest absolute Gasteiger partial charge is 0.573 e. The lowest BCUT2D eigenvalue weighted by Crippen LogP contribution is -2.60. The number of hydrogen-bond donors (Lipinski definition) is 1. The molecule has 2 aliphatic rings. The van der Waals surface area contributed by atoms with E-state index in [1.165, 1.54) is 24.5 Å². The Morgan fingerprint density at radius 2 is 1.81 bits per heavy atom. The van der Waals surface area contributed by atoms with Crippen molar-refractivity contribution >= 4 is 5.91 Å². The lowest BCUT2D eigenvalue weighted by molar-refractivity contribution is -0.274. The number of aryl methyl sites for hydroxylation is 2. The van der Waals surface area contributed by atoms with E-state index in [-0.39, 0.29) is 17.7 Å². The van der Waals surface area contributed by atoms with Gasteiger partial charge in [0.15, 0.2) is 0 Å². The van der Waals surface area contributed by atoms with Gasteiger partial charge < -0.3 is 14.7 Å². The third-order valence-corrected chi connectivity index (χ3v) is 5.96. The van der Waals surface area contributed by atoms with Gasteiger partial charge in [0, 0.05) is 25.4 Å². The molecule has 0 bridgehead atoms. The molecule has 0 radical (unpaired) electrons. The number of carbonyl (C=O) groups is 1. The smallest absolute Gasteiger partial charge is 0.406 e. The van der Waals surface area contributed by atoms with Crippen LogP contribution in [0.15, 0.2) is 30.6 Å². The highest BCUT2D eigenvalue weighted by Gasteiger charge is 2.42. The zero-order chi connectivity index (χ0) is 23.1. The van der Waals surface area contributed by atoms with E-state index in [0.717, 1.165) is 30.4 Å². The summed E-state index contributed by atoms with van der Waals surface area (Å²) in [5.41, 5.74) is 0.961. The SMILES string of the molecule is CC(C)(O)C1CCN1C(=O)c1cnc(CCc2cc(OC(F)(F)F)cc(C3CC3)c2)nc1. The van der Waals surface area contributed by atoms with Crippen molar-refractivity contribution in [3.8, 4) is 5.75 Å². The van der Waals surface area contributed by atoms with Crippen LogP contribution >= 0.6 is 0 Å². The second kappa shape index (κ2) is 8.35. The first-order valence-corrected chi connectivity index (χ1v) is 10.7. The van der Waals surface area contributed by atoms with E-state index in [2.05, 4.69) is 14.7 Å². The van der Waals surface area contributed by atoms with Gasteiger partial charge in [-0.25, -0.2) is 9.97 Å². The fourth-order valence-corrected chi connectivity index (χ4v) is 4.06. The molecule has 1 atom stereocenters. The molecule has 4 rings (SSSR count). The topological polar surface area (TPSA) is 75.5 Å². The average Bonchev–Trinajstić information content (AvgIpc) is 3.48. The highest BCUT2D eigenvalue weighted by molar-refractivity contribution is 5.94. The van der Waals surface area contributed by atoms with Crippen LogP contribution in [0.3, 0.4) is 0 Å². The quantitative estimate of drug-likeness (QED) is 0.691. The van der Waals surface area contributed by atoms with E-state index in [1.54, 1.807) is 18.7 Å². The van der Waals surface area contributed by atoms with Crippen LogP contribution in [0.5, 0.6) is 5.75 Å². The van der Waals surface area contributed by atoms with Gasteiger partial charge in [-0.15, -0.1) is 13.2 Å². The van der Waals surface area contributed by atoms with Gasteiger partial charge in [-0.2, -0.15) is 0 Å². The lowest BCUT2D eigenvalue weighted by Gasteiger charge is -2.47. The molecular weight excluding hydrogens is 423 g/mol. The third kappa shape index (κ3) is 5.38. The Hall–Kier alpha value is -2.68. The van der Waals surface area contributed by atoms with Gasteiger partial charge in [-0.05, 0) is 68.7 Å². The van der Waals surface area contributed by atoms with Gasteiger partial charge in [0.05, 0.1) is 17.2 Å². The minimum atomic E-state index is -4.73. The number of benzene rings is 1. The molecule has 2 aromatic rings. The van der Waals surface area contributed by atoms with Crippen molar-refractivity contribution in [2.75, 3.05) is 6.54 Å². The van der Waals surface area contributed by atoms with Crippen molar-refractivity contribution < 1.29 is 27.8 Å². The maximum atomic E-state index is 12.7. The normalized spacial score (nSPS) is 18.9. The number of carbonyl (C=O) groups excluding carboxylic acids is 1. The summed E-state index contributed by atoms with van der Waals surface area (Å²) in [7, 11) is 0. The van der Waals surface area contributed by atoms with Crippen LogP contribution in [-0.2, 0) is 12.8 Å². The molecule has 2 fully saturated rings. The highest BCUT2D eigenvalue weighted by atomic mass is 19.4. The minimum Gasteiger partial charge on any atom is -0.406 e. The molecule has 9 heteroatoms. The third-order valence-electron chi connectivity index (χ3n) is 5.96. The van der Waals surface area contributed by atoms with Gasteiger partial charge >= 0.3 is 6.36 Å². The number of nitrogens with zero attached hydrogens (tertiary/aromatic N) is 3. The standard InChI is InChI=1S/C23H26F3N3O3/c1-22(2,31)19-7-8-29(19)21(30)17-12-27-20(28-13-17)6-3-14-9-16(15-4-5-15)11-18(10-14)32-23(24,25)26/h9-13,15,19,31H,3-8H2,1-2H3. The molecule has 2 heterocycles. The summed E-state index contributed by atoms with van der Waals surface area (Å²) in [6.07, 6.45) is 1.75. The van der Waals surface area contributed by atoms with Crippen molar-refractivity contribution in [1.82, 2.24) is 14.9 Å². The molecule has 1 aliphatic carbocycles. The molecule has 1 aromatic carbocycles. The number of alkyl halides is 3. The van der Waals surface area contributed by atoms with E-state index >= 15 is 0 Å². The first-order valence-electron chi connectivity index (χ1n) is 10.7. The summed E-state index contributed by atoms with van der Waals surface area (Å²) in [5, 5.41) is 10.2. The Labute approximate surface area is 184 Å². The second-order valence-corrected chi connectivity index (χ2v) is 9.08. The van der Waals surface area contributed by atoms with Gasteiger partial charge in [-0.3, -0.25) is 4.79 Å². The fraction of sp³-hybridized carbons (Fsp3) is 0.522. The van der Waals surface area contributed by atoms with Crippen molar-refractivity contribution in [3.05, 3.63) is 53.1 Å². The van der Waals surface area contributed by atoms with Crippen molar-refractivity contribution in [1.29, 1.82) is 0 Å². The zero-order valence-corrected chi connectivity index (χ0v) is 18.0. The Balaban J connectivity index is 1.41. The molecule has 1 N–H and O–H groups in total. The minimum absolute atomic E-state index is 0.199. The molecule has 1 saturated heterocycles. The molecule has 1 aromatic heterocycles. The number of hydrogen-bond acceptors (Lipinski definition) is 5. The summed E-state index contributed by atoms with van der Waals surface area (Å²) in [6, 6.07) is 4.54. The molecule has 172 valence electrons. The van der Waals surface area contributed by atoms with Crippen LogP contribution in [0.1, 0.15) is 66.3 Å². The second-order valence-electron chi connectivity index (χ2n) is 9.08. The first-order chi connectivity index (χ1) is 15.0. The zero-order valence-electron chi connectivity index (χ0n) is 18.0. The molecule has 6 nitrogen and oxygen atoms in total. The number of rotatable bonds is 7. The Bertz CT molecular complexity index is 983. The molecule has 1 saturated carbocycles. The Morgan fingerprint density at radius 1 is 1.12 bits per heavy atom. The molecule has 1 aliphatic heterocycles. The van der Waals surface area contributed by atoms with E-state index in [1.807, 2.05) is 6.07 Å². The number of aromatic nitrogens is 2. The number of halogens is 3. The summed E-state index contributed by atoms with van der Waals surface area (Å²) in [4.78, 5) is 22.8. The van der Waals surface area contributed by atoms with Crippen LogP contribution < -0.4 is 4.74 Å². The lowest BCUT2D eigenvalue weighted by atomic mass is 9.87. The number of likely N-dealkylation sites (tertiary alicyclic amines) is 1. The predicted octanol–water partition coefficient (Wildman–Crippen LogP) is 4.02. The predicted molar refractivity (Wildman–Crippen MR) is 110 cm³/mol. The van der Waals surface area contributed by atoms with Crippen LogP contribution in [-0.4, -0.2) is 50.4 Å². The number of aliphatic hydroxyl groups is 1. The first kappa shape index (κ1) is 22.5. The van der Waals surface area contributed by atoms with Gasteiger partial charge in [-0.1, -0.05) is 6.07 Å². The van der Waals surface area contributed by atoms with Gasteiger partial charge in [0.1, 0.15) is 11.6 Å². The number of ether oxygens (including phenoxy) is 1. The molecule has 0 spiro atoms. The van der Waals surface area contributed by atoms with Crippen molar-refractivity contribution in [2.45, 2.75) is 69.9 Å². The van der Waals surface area contributed by atoms with Crippen molar-refractivity contribution in [3.63, 3.8) is 0 Å². The molecular formula is C23H26F3N3O3. The highest BCUT2D eigenvalue weighted by Crippen LogP contribution is 2.42. The van der Waals surface area contributed by atoms with Crippen LogP contribution in [0.2, 0.25) is 0 Å². The van der Waals surface area contributed by atoms with Gasteiger partial charge in [0.25, 0.3) is 5.91 Å². The van der Waals surface area contributed by atoms with Gasteiger partial charge in [0.2, 0.25) is 0 Å². The Morgan fingerprint density at radius 3 is 2.34 bits per heavy atom. The Kier molecular flexibility index (Phi) is 5.87. The fourth-order valence-electron chi connectivity index (χ4n) is 4.06. The van der Waals surface area contributed by atoms with Crippen LogP contribution in [0.25, 0.3) is 0 Å². The summed E-state index contributed by atoms with van der Waals surface area (Å²) in [5.74, 6) is 0.372. The van der Waals surface area contributed by atoms with E-state index < -0.39 is 12.0 Å². The monoisotopic (exact) mass is 449 g/mol. The maximum Gasteiger partial charge on any atom is 0.573 e. The maximum absolute atomic E-state index is 12.7. The van der Waals surface area contributed by atoms with E-state index in [9.17, 15) is 23.1 Å². The summed E-state index contributed by atoms with van der Waals surface area (Å²) < 4.78 is 42.1. The van der Waals surface area contributed by atoms with E-state index in [4.69, 9.17) is 0 Å². The van der Waals surface area contributed by atoms with E-state index in [0.29, 0.717) is 36.7 Å². The molecule has 1 amide bonds. The summed E-state index contributed by atoms with van der Waals surface area (Å²) >= 11 is 0. The van der Waals surface area contributed by atoms with Crippen molar-refractivity contribution in [2.24, 2.45) is 0 Å².